The molecule has 1 unspecified atom stereocenters. The van der Waals surface area contributed by atoms with E-state index in [1.807, 2.05) is 23.0 Å². The Morgan fingerprint density at radius 1 is 0.953 bits per heavy atom. The monoisotopic (exact) mass is 585 g/mol. The number of nitrogens with two attached hydrogens (primary N) is 1. The molecule has 1 aliphatic rings. The summed E-state index contributed by atoms with van der Waals surface area (Å²) in [5.74, 6) is -1.32. The summed E-state index contributed by atoms with van der Waals surface area (Å²) >= 11 is 0. The zero-order valence-electron chi connectivity index (χ0n) is 24.4. The molecule has 226 valence electrons. The molecule has 3 aromatic carbocycles. The highest BCUT2D eigenvalue weighted by molar-refractivity contribution is 6.00. The van der Waals surface area contributed by atoms with Crippen LogP contribution in [0, 0.1) is 0 Å². The molecule has 1 aliphatic heterocycles. The van der Waals surface area contributed by atoms with Crippen LogP contribution >= 0.6 is 0 Å². The molecule has 0 bridgehead atoms. The van der Waals surface area contributed by atoms with Crippen LogP contribution in [0.5, 0.6) is 5.75 Å². The van der Waals surface area contributed by atoms with Gasteiger partial charge in [-0.05, 0) is 77.8 Å². The van der Waals surface area contributed by atoms with Crippen molar-refractivity contribution in [1.82, 2.24) is 9.78 Å². The third-order valence-electron chi connectivity index (χ3n) is 7.17. The summed E-state index contributed by atoms with van der Waals surface area (Å²) in [6, 6.07) is 25.6. The second-order valence-electron chi connectivity index (χ2n) is 10.2. The number of benzene rings is 3. The van der Waals surface area contributed by atoms with Gasteiger partial charge in [0.2, 0.25) is 0 Å². The number of rotatable bonds is 11. The van der Waals surface area contributed by atoms with Crippen LogP contribution in [-0.2, 0) is 14.3 Å². The van der Waals surface area contributed by atoms with Gasteiger partial charge in [0, 0.05) is 18.5 Å². The fourth-order valence-corrected chi connectivity index (χ4v) is 5.14. The molecule has 9 heteroatoms. The van der Waals surface area contributed by atoms with Crippen molar-refractivity contribution in [3.8, 4) is 5.75 Å². The standard InChI is InChI=1S/C30H33N3O2.C4H6O4/c1-2-27(22-8-4-3-5-9-22)30(23-11-14-26(15-12-23)34-19-17-31)24-13-16-28-25(20-24)21-32-33(28)29-10-6-7-18-35-29;5-3(6)1-2-4(7)8/h3-5,8-9,11-16,20-21,29H,2,6-7,10,17-19,31H2,1H3;1-2H2,(H,5,6)(H,7,8). The highest BCUT2D eigenvalue weighted by Gasteiger charge is 2.20. The van der Waals surface area contributed by atoms with E-state index in [4.69, 9.17) is 30.5 Å². The zero-order valence-corrected chi connectivity index (χ0v) is 24.4. The Morgan fingerprint density at radius 2 is 1.65 bits per heavy atom. The Kier molecular flexibility index (Phi) is 11.5. The molecule has 0 saturated carbocycles. The van der Waals surface area contributed by atoms with E-state index in [0.717, 1.165) is 48.1 Å². The van der Waals surface area contributed by atoms with Crippen molar-refractivity contribution in [2.24, 2.45) is 5.73 Å². The lowest BCUT2D eigenvalue weighted by Crippen LogP contribution is -2.18. The summed E-state index contributed by atoms with van der Waals surface area (Å²) < 4.78 is 13.8. The van der Waals surface area contributed by atoms with E-state index in [2.05, 4.69) is 67.6 Å². The molecule has 0 spiro atoms. The van der Waals surface area contributed by atoms with Crippen LogP contribution in [0.4, 0.5) is 0 Å². The highest BCUT2D eigenvalue weighted by atomic mass is 16.5. The average molecular weight is 586 g/mol. The van der Waals surface area contributed by atoms with Crippen molar-refractivity contribution in [2.75, 3.05) is 19.8 Å². The molecule has 2 heterocycles. The molecule has 4 N–H and O–H groups in total. The first kappa shape index (κ1) is 31.5. The van der Waals surface area contributed by atoms with Crippen LogP contribution in [0.3, 0.4) is 0 Å². The van der Waals surface area contributed by atoms with Crippen LogP contribution in [0.25, 0.3) is 22.0 Å². The van der Waals surface area contributed by atoms with Gasteiger partial charge in [0.1, 0.15) is 12.4 Å². The fourth-order valence-electron chi connectivity index (χ4n) is 5.14. The van der Waals surface area contributed by atoms with E-state index in [-0.39, 0.29) is 19.1 Å². The lowest BCUT2D eigenvalue weighted by molar-refractivity contribution is -0.143. The summed E-state index contributed by atoms with van der Waals surface area (Å²) in [5.41, 5.74) is 12.8. The first-order valence-corrected chi connectivity index (χ1v) is 14.7. The van der Waals surface area contributed by atoms with Gasteiger partial charge < -0.3 is 25.4 Å². The number of allylic oxidation sites excluding steroid dienone is 1. The highest BCUT2D eigenvalue weighted by Crippen LogP contribution is 2.37. The fraction of sp³-hybridized carbons (Fsp3) is 0.324. The molecule has 43 heavy (non-hydrogen) atoms. The van der Waals surface area contributed by atoms with Crippen molar-refractivity contribution in [3.63, 3.8) is 0 Å². The van der Waals surface area contributed by atoms with Crippen LogP contribution in [0.15, 0.2) is 79.0 Å². The molecular weight excluding hydrogens is 546 g/mol. The van der Waals surface area contributed by atoms with Gasteiger partial charge in [-0.3, -0.25) is 9.59 Å². The van der Waals surface area contributed by atoms with Crippen molar-refractivity contribution in [3.05, 3.63) is 95.7 Å². The predicted octanol–water partition coefficient (Wildman–Crippen LogP) is 6.38. The minimum absolute atomic E-state index is 0.0266. The van der Waals surface area contributed by atoms with Crippen molar-refractivity contribution in [2.45, 2.75) is 51.7 Å². The van der Waals surface area contributed by atoms with Crippen molar-refractivity contribution < 1.29 is 29.3 Å². The maximum absolute atomic E-state index is 9.64. The first-order valence-electron chi connectivity index (χ1n) is 14.7. The van der Waals surface area contributed by atoms with Crippen molar-refractivity contribution in [1.29, 1.82) is 0 Å². The third-order valence-corrected chi connectivity index (χ3v) is 7.17. The maximum Gasteiger partial charge on any atom is 0.303 e. The molecule has 0 radical (unpaired) electrons. The van der Waals surface area contributed by atoms with Gasteiger partial charge in [-0.15, -0.1) is 0 Å². The molecule has 1 atom stereocenters. The van der Waals surface area contributed by atoms with Gasteiger partial charge in [-0.25, -0.2) is 4.68 Å². The normalized spacial score (nSPS) is 15.3. The summed E-state index contributed by atoms with van der Waals surface area (Å²) in [6.45, 7) is 4.04. The largest absolute Gasteiger partial charge is 0.492 e. The number of hydrogen-bond donors (Lipinski definition) is 3. The lowest BCUT2D eigenvalue weighted by atomic mass is 9.88. The number of nitrogens with zero attached hydrogens (tertiary/aromatic N) is 2. The molecule has 4 aromatic rings. The average Bonchev–Trinajstić information content (AvgIpc) is 3.46. The molecule has 5 rings (SSSR count). The second-order valence-corrected chi connectivity index (χ2v) is 10.2. The molecule has 1 fully saturated rings. The topological polar surface area (TPSA) is 137 Å². The molecule has 1 aromatic heterocycles. The number of hydrogen-bond acceptors (Lipinski definition) is 6. The van der Waals surface area contributed by atoms with Crippen molar-refractivity contribution >= 4 is 34.0 Å². The van der Waals surface area contributed by atoms with Crippen LogP contribution in [0.2, 0.25) is 0 Å². The summed E-state index contributed by atoms with van der Waals surface area (Å²) in [5, 5.41) is 21.6. The third kappa shape index (κ3) is 8.53. The maximum atomic E-state index is 9.64. The molecule has 0 amide bonds. The van der Waals surface area contributed by atoms with E-state index >= 15 is 0 Å². The van der Waals surface area contributed by atoms with Gasteiger partial charge in [0.15, 0.2) is 6.23 Å². The number of fused-ring (bicyclic) bond motifs is 1. The van der Waals surface area contributed by atoms with Crippen LogP contribution in [-0.4, -0.2) is 51.7 Å². The predicted molar refractivity (Wildman–Crippen MR) is 167 cm³/mol. The molecule has 0 aliphatic carbocycles. The van der Waals surface area contributed by atoms with Gasteiger partial charge in [-0.2, -0.15) is 5.10 Å². The second kappa shape index (κ2) is 15.7. The van der Waals surface area contributed by atoms with E-state index in [0.29, 0.717) is 13.2 Å². The number of carboxylic acids is 2. The van der Waals surface area contributed by atoms with Crippen LogP contribution in [0.1, 0.15) is 68.4 Å². The summed E-state index contributed by atoms with van der Waals surface area (Å²) in [4.78, 5) is 19.3. The van der Waals surface area contributed by atoms with E-state index in [9.17, 15) is 9.59 Å². The Morgan fingerprint density at radius 3 is 2.26 bits per heavy atom. The molecule has 1 saturated heterocycles. The number of aromatic nitrogens is 2. The summed E-state index contributed by atoms with van der Waals surface area (Å²) in [7, 11) is 0. The number of ether oxygens (including phenoxy) is 2. The van der Waals surface area contributed by atoms with Gasteiger partial charge >= 0.3 is 11.9 Å². The Bertz CT molecular complexity index is 1510. The molecular formula is C34H39N3O6. The number of aliphatic carboxylic acids is 2. The number of carboxylic acid groups (broad SMARTS) is 2. The SMILES string of the molecule is CCC(=C(c1ccc(OCCN)cc1)c1ccc2c(cnn2C2CCCCO2)c1)c1ccccc1.O=C(O)CCC(=O)O. The Hall–Kier alpha value is -4.47. The van der Waals surface area contributed by atoms with E-state index < -0.39 is 11.9 Å². The number of carbonyl (C=O) groups is 2. The Labute approximate surface area is 251 Å². The van der Waals surface area contributed by atoms with Crippen LogP contribution < -0.4 is 10.5 Å². The first-order chi connectivity index (χ1) is 20.9. The molecule has 9 nitrogen and oxygen atoms in total. The Balaban J connectivity index is 0.000000467. The quantitative estimate of drug-likeness (QED) is 0.173. The van der Waals surface area contributed by atoms with E-state index in [1.54, 1.807) is 0 Å². The van der Waals surface area contributed by atoms with E-state index in [1.165, 1.54) is 28.7 Å². The zero-order chi connectivity index (χ0) is 30.6. The van der Waals surface area contributed by atoms with Gasteiger partial charge in [0.05, 0.1) is 24.6 Å². The van der Waals surface area contributed by atoms with Gasteiger partial charge in [-0.1, -0.05) is 55.5 Å². The minimum Gasteiger partial charge on any atom is -0.492 e. The summed E-state index contributed by atoms with van der Waals surface area (Å²) in [6.07, 6.45) is 5.63. The minimum atomic E-state index is -1.08. The van der Waals surface area contributed by atoms with Gasteiger partial charge in [0.25, 0.3) is 0 Å². The lowest BCUT2D eigenvalue weighted by Gasteiger charge is -2.23. The smallest absolute Gasteiger partial charge is 0.303 e.